The van der Waals surface area contributed by atoms with E-state index in [2.05, 4.69) is 15.6 Å². The number of anilines is 3. The highest BCUT2D eigenvalue weighted by Crippen LogP contribution is 2.30. The third-order valence-corrected chi connectivity index (χ3v) is 5.13. The summed E-state index contributed by atoms with van der Waals surface area (Å²) in [7, 11) is 0. The highest BCUT2D eigenvalue weighted by molar-refractivity contribution is 6.00. The van der Waals surface area contributed by atoms with Crippen molar-refractivity contribution in [2.24, 2.45) is 0 Å². The van der Waals surface area contributed by atoms with Crippen LogP contribution in [0.4, 0.5) is 22.1 Å². The number of nitrogens with two attached hydrogens (primary N) is 1. The van der Waals surface area contributed by atoms with Gasteiger partial charge in [0.15, 0.2) is 18.2 Å². The third-order valence-electron chi connectivity index (χ3n) is 5.13. The van der Waals surface area contributed by atoms with Crippen molar-refractivity contribution in [2.75, 3.05) is 35.6 Å². The number of hydrogen-bond acceptors (Lipinski definition) is 7. The molecular weight excluding hydrogens is 402 g/mol. The number of benzene rings is 1. The number of aromatic nitrogens is 1. The maximum Gasteiger partial charge on any atom is 0.415 e. The number of rotatable bonds is 6. The first-order valence-electron chi connectivity index (χ1n) is 9.97. The van der Waals surface area contributed by atoms with Gasteiger partial charge in [0.05, 0.1) is 12.1 Å². The maximum atomic E-state index is 12.4. The molecule has 0 bridgehead atoms. The summed E-state index contributed by atoms with van der Waals surface area (Å²) in [5.74, 6) is 0.595. The van der Waals surface area contributed by atoms with E-state index in [0.717, 1.165) is 5.56 Å². The molecule has 0 radical (unpaired) electrons. The average molecular weight is 425 g/mol. The Morgan fingerprint density at radius 1 is 1.32 bits per heavy atom. The number of fused-ring (bicyclic) bond motifs is 1. The molecule has 4 N–H and O–H groups in total. The zero-order valence-electron chi connectivity index (χ0n) is 17.0. The first kappa shape index (κ1) is 20.5. The predicted octanol–water partition coefficient (Wildman–Crippen LogP) is 1.84. The van der Waals surface area contributed by atoms with Crippen molar-refractivity contribution in [3.05, 3.63) is 41.5 Å². The quantitative estimate of drug-likeness (QED) is 0.474. The number of nitrogens with zero attached hydrogens (tertiary/aromatic N) is 2. The van der Waals surface area contributed by atoms with Crippen LogP contribution in [0.5, 0.6) is 5.75 Å². The molecule has 0 spiro atoms. The molecule has 4 rings (SSSR count). The highest BCUT2D eigenvalue weighted by atomic mass is 16.6. The lowest BCUT2D eigenvalue weighted by molar-refractivity contribution is -0.118. The van der Waals surface area contributed by atoms with Crippen LogP contribution in [0.2, 0.25) is 0 Å². The fourth-order valence-corrected chi connectivity index (χ4v) is 3.58. The van der Waals surface area contributed by atoms with Crippen LogP contribution in [0.3, 0.4) is 0 Å². The van der Waals surface area contributed by atoms with Gasteiger partial charge in [-0.2, -0.15) is 0 Å². The summed E-state index contributed by atoms with van der Waals surface area (Å²) >= 11 is 0. The Labute approximate surface area is 178 Å². The molecule has 1 fully saturated rings. The summed E-state index contributed by atoms with van der Waals surface area (Å²) in [5, 5.41) is 5.48. The Bertz CT molecular complexity index is 1020. The van der Waals surface area contributed by atoms with E-state index in [-0.39, 0.29) is 30.3 Å². The van der Waals surface area contributed by atoms with Gasteiger partial charge in [-0.25, -0.2) is 9.78 Å². The van der Waals surface area contributed by atoms with Gasteiger partial charge < -0.3 is 25.8 Å². The van der Waals surface area contributed by atoms with E-state index in [1.807, 2.05) is 13.0 Å². The molecule has 3 heterocycles. The second-order valence-corrected chi connectivity index (χ2v) is 7.41. The van der Waals surface area contributed by atoms with E-state index in [0.29, 0.717) is 48.7 Å². The smallest absolute Gasteiger partial charge is 0.415 e. The van der Waals surface area contributed by atoms with Crippen LogP contribution >= 0.6 is 0 Å². The number of ether oxygens (including phenoxy) is 2. The van der Waals surface area contributed by atoms with Crippen molar-refractivity contribution in [2.45, 2.75) is 25.9 Å². The van der Waals surface area contributed by atoms with Crippen LogP contribution in [-0.2, 0) is 9.53 Å². The van der Waals surface area contributed by atoms with Crippen LogP contribution in [-0.4, -0.2) is 48.7 Å². The Morgan fingerprint density at radius 2 is 2.16 bits per heavy atom. The molecule has 162 valence electrons. The summed E-state index contributed by atoms with van der Waals surface area (Å²) in [4.78, 5) is 41.9. The SMILES string of the molecule is Cc1cccc(N)c1C(=O)NCCC[C@@H]1CN(c2ccc3c(n2)NC(=O)CO3)C(=O)O1. The molecule has 31 heavy (non-hydrogen) atoms. The topological polar surface area (TPSA) is 136 Å². The lowest BCUT2D eigenvalue weighted by Crippen LogP contribution is -2.29. The molecule has 0 unspecified atom stereocenters. The molecular formula is C21H23N5O5. The van der Waals surface area contributed by atoms with Gasteiger partial charge in [-0.3, -0.25) is 14.5 Å². The molecule has 3 amide bonds. The number of carbonyl (C=O) groups is 3. The summed E-state index contributed by atoms with van der Waals surface area (Å²) in [5.41, 5.74) is 7.64. The van der Waals surface area contributed by atoms with Gasteiger partial charge in [0.25, 0.3) is 11.8 Å². The molecule has 1 aromatic carbocycles. The number of nitrogens with one attached hydrogen (secondary N) is 2. The monoisotopic (exact) mass is 425 g/mol. The van der Waals surface area contributed by atoms with Crippen LogP contribution in [0.1, 0.15) is 28.8 Å². The fourth-order valence-electron chi connectivity index (χ4n) is 3.58. The highest BCUT2D eigenvalue weighted by Gasteiger charge is 2.33. The zero-order chi connectivity index (χ0) is 22.0. The van der Waals surface area contributed by atoms with E-state index >= 15 is 0 Å². The molecule has 2 aliphatic rings. The standard InChI is InChI=1S/C21H23N5O5/c1-12-4-2-6-14(22)18(12)20(28)23-9-3-5-13-10-26(21(29)31-13)16-8-7-15-19(24-16)25-17(27)11-30-15/h2,4,6-8,13H,3,5,9-11,22H2,1H3,(H,23,28)(H,24,25,27)/t13-/m1/s1. The van der Waals surface area contributed by atoms with Crippen molar-refractivity contribution >= 4 is 35.2 Å². The number of nitrogen functional groups attached to an aromatic ring is 1. The Morgan fingerprint density at radius 3 is 2.97 bits per heavy atom. The Kier molecular flexibility index (Phi) is 5.61. The predicted molar refractivity (Wildman–Crippen MR) is 113 cm³/mol. The molecule has 10 heteroatoms. The number of hydrogen-bond donors (Lipinski definition) is 3. The zero-order valence-corrected chi connectivity index (χ0v) is 17.0. The van der Waals surface area contributed by atoms with Crippen molar-refractivity contribution in [1.82, 2.24) is 10.3 Å². The van der Waals surface area contributed by atoms with Gasteiger partial charge >= 0.3 is 6.09 Å². The molecule has 1 aromatic heterocycles. The fraction of sp³-hybridized carbons (Fsp3) is 0.333. The van der Waals surface area contributed by atoms with Crippen LogP contribution < -0.4 is 26.0 Å². The molecule has 0 aliphatic carbocycles. The van der Waals surface area contributed by atoms with Gasteiger partial charge in [0.1, 0.15) is 11.9 Å². The molecule has 2 aromatic rings. The lowest BCUT2D eigenvalue weighted by atomic mass is 10.1. The first-order valence-corrected chi connectivity index (χ1v) is 9.97. The summed E-state index contributed by atoms with van der Waals surface area (Å²) in [6.45, 7) is 2.54. The lowest BCUT2D eigenvalue weighted by Gasteiger charge is -2.19. The van der Waals surface area contributed by atoms with E-state index in [4.69, 9.17) is 15.2 Å². The van der Waals surface area contributed by atoms with E-state index in [9.17, 15) is 14.4 Å². The van der Waals surface area contributed by atoms with Crippen LogP contribution in [0.15, 0.2) is 30.3 Å². The van der Waals surface area contributed by atoms with Crippen LogP contribution in [0.25, 0.3) is 0 Å². The van der Waals surface area contributed by atoms with Crippen molar-refractivity contribution in [3.8, 4) is 5.75 Å². The number of aryl methyl sites for hydroxylation is 1. The number of amides is 3. The molecule has 0 saturated carbocycles. The second kappa shape index (κ2) is 8.50. The largest absolute Gasteiger partial charge is 0.480 e. The van der Waals surface area contributed by atoms with E-state index < -0.39 is 6.09 Å². The van der Waals surface area contributed by atoms with Crippen LogP contribution in [0, 0.1) is 6.92 Å². The van der Waals surface area contributed by atoms with Gasteiger partial charge in [-0.1, -0.05) is 12.1 Å². The van der Waals surface area contributed by atoms with Crippen molar-refractivity contribution in [1.29, 1.82) is 0 Å². The van der Waals surface area contributed by atoms with Gasteiger partial charge in [-0.15, -0.1) is 0 Å². The van der Waals surface area contributed by atoms with Gasteiger partial charge in [-0.05, 0) is 43.5 Å². The van der Waals surface area contributed by atoms with E-state index in [1.165, 1.54) is 4.90 Å². The summed E-state index contributed by atoms with van der Waals surface area (Å²) in [6, 6.07) is 8.64. The average Bonchev–Trinajstić information content (AvgIpc) is 3.11. The molecule has 10 nitrogen and oxygen atoms in total. The van der Waals surface area contributed by atoms with Crippen molar-refractivity contribution < 1.29 is 23.9 Å². The summed E-state index contributed by atoms with van der Waals surface area (Å²) < 4.78 is 10.7. The second-order valence-electron chi connectivity index (χ2n) is 7.41. The minimum Gasteiger partial charge on any atom is -0.480 e. The van der Waals surface area contributed by atoms with Crippen molar-refractivity contribution in [3.63, 3.8) is 0 Å². The first-order chi connectivity index (χ1) is 14.9. The molecule has 1 saturated heterocycles. The number of pyridine rings is 1. The minimum absolute atomic E-state index is 0.0607. The van der Waals surface area contributed by atoms with E-state index in [1.54, 1.807) is 24.3 Å². The third kappa shape index (κ3) is 4.37. The Balaban J connectivity index is 1.29. The summed E-state index contributed by atoms with van der Waals surface area (Å²) in [6.07, 6.45) is 0.385. The Hall–Kier alpha value is -3.82. The molecule has 2 aliphatic heterocycles. The number of carbonyl (C=O) groups excluding carboxylic acids is 3. The number of cyclic esters (lactones) is 1. The maximum absolute atomic E-state index is 12.4. The van der Waals surface area contributed by atoms with Gasteiger partial charge in [0, 0.05) is 12.2 Å². The minimum atomic E-state index is -0.503. The van der Waals surface area contributed by atoms with Gasteiger partial charge in [0.2, 0.25) is 0 Å². The normalized spacial score (nSPS) is 17.5. The molecule has 1 atom stereocenters.